The number of morpholine rings is 1. The van der Waals surface area contributed by atoms with Crippen LogP contribution in [0.4, 0.5) is 0 Å². The number of sulfonamides is 1. The molecule has 0 saturated carbocycles. The summed E-state index contributed by atoms with van der Waals surface area (Å²) in [6, 6.07) is 12.9. The fourth-order valence-electron chi connectivity index (χ4n) is 4.08. The lowest BCUT2D eigenvalue weighted by Gasteiger charge is -2.27. The van der Waals surface area contributed by atoms with Crippen molar-refractivity contribution in [2.75, 3.05) is 26.3 Å². The van der Waals surface area contributed by atoms with Gasteiger partial charge in [-0.05, 0) is 55.0 Å². The molecule has 0 radical (unpaired) electrons. The molecule has 2 aromatic rings. The minimum Gasteiger partial charge on any atom is -0.379 e. The highest BCUT2D eigenvalue weighted by Gasteiger charge is 2.28. The molecule has 1 amide bonds. The molecule has 154 valence electrons. The Kier molecular flexibility index (Phi) is 5.72. The van der Waals surface area contributed by atoms with Crippen LogP contribution in [-0.2, 0) is 21.2 Å². The van der Waals surface area contributed by atoms with Crippen LogP contribution < -0.4 is 5.32 Å². The number of hydrogen-bond acceptors (Lipinski definition) is 4. The Morgan fingerprint density at radius 1 is 1.14 bits per heavy atom. The molecule has 1 heterocycles. The van der Waals surface area contributed by atoms with E-state index < -0.39 is 10.0 Å². The van der Waals surface area contributed by atoms with Crippen LogP contribution in [0.3, 0.4) is 0 Å². The van der Waals surface area contributed by atoms with Crippen molar-refractivity contribution in [3.63, 3.8) is 0 Å². The standard InChI is InChI=1S/C22H26N2O4S/c1-16-9-10-18(29(26,27)24-11-13-28-14-12-24)15-20(16)22(25)23-21-8-4-6-17-5-2-3-7-19(17)21/h2-3,5,7,9-10,15,21H,4,6,8,11-14H2,1H3,(H,23,25)/t21-/m1/s1. The number of benzene rings is 2. The summed E-state index contributed by atoms with van der Waals surface area (Å²) in [7, 11) is -3.64. The first-order chi connectivity index (χ1) is 14.0. The second kappa shape index (κ2) is 8.26. The van der Waals surface area contributed by atoms with Crippen molar-refractivity contribution < 1.29 is 17.9 Å². The highest BCUT2D eigenvalue weighted by atomic mass is 32.2. The topological polar surface area (TPSA) is 75.7 Å². The molecule has 0 unspecified atom stereocenters. The maximum Gasteiger partial charge on any atom is 0.252 e. The fourth-order valence-corrected chi connectivity index (χ4v) is 5.52. The Balaban J connectivity index is 1.59. The van der Waals surface area contributed by atoms with Gasteiger partial charge in [-0.25, -0.2) is 8.42 Å². The number of nitrogens with zero attached hydrogens (tertiary/aromatic N) is 1. The van der Waals surface area contributed by atoms with E-state index in [2.05, 4.69) is 17.4 Å². The summed E-state index contributed by atoms with van der Waals surface area (Å²) in [4.78, 5) is 13.2. The minimum absolute atomic E-state index is 0.0497. The molecule has 1 aliphatic carbocycles. The number of fused-ring (bicyclic) bond motifs is 1. The van der Waals surface area contributed by atoms with Crippen LogP contribution in [0.15, 0.2) is 47.4 Å². The van der Waals surface area contributed by atoms with Gasteiger partial charge in [0.15, 0.2) is 0 Å². The molecule has 1 atom stereocenters. The van der Waals surface area contributed by atoms with Crippen molar-refractivity contribution in [1.29, 1.82) is 0 Å². The highest BCUT2D eigenvalue weighted by Crippen LogP contribution is 2.30. The van der Waals surface area contributed by atoms with E-state index in [4.69, 9.17) is 4.74 Å². The van der Waals surface area contributed by atoms with E-state index in [0.29, 0.717) is 31.9 Å². The molecule has 1 N–H and O–H groups in total. The molecule has 0 bridgehead atoms. The lowest BCUT2D eigenvalue weighted by atomic mass is 9.87. The zero-order valence-electron chi connectivity index (χ0n) is 16.6. The smallest absolute Gasteiger partial charge is 0.252 e. The average Bonchev–Trinajstić information content (AvgIpc) is 2.75. The van der Waals surface area contributed by atoms with Gasteiger partial charge in [0, 0.05) is 18.7 Å². The van der Waals surface area contributed by atoms with Crippen molar-refractivity contribution in [3.8, 4) is 0 Å². The normalized spacial score (nSPS) is 20.1. The van der Waals surface area contributed by atoms with E-state index in [1.54, 1.807) is 12.1 Å². The van der Waals surface area contributed by atoms with Crippen molar-refractivity contribution in [1.82, 2.24) is 9.62 Å². The van der Waals surface area contributed by atoms with Gasteiger partial charge < -0.3 is 10.1 Å². The number of carbonyl (C=O) groups is 1. The minimum atomic E-state index is -3.64. The maximum absolute atomic E-state index is 13.1. The van der Waals surface area contributed by atoms with Gasteiger partial charge >= 0.3 is 0 Å². The van der Waals surface area contributed by atoms with E-state index in [1.807, 2.05) is 19.1 Å². The first kappa shape index (κ1) is 20.1. The van der Waals surface area contributed by atoms with E-state index in [-0.39, 0.29) is 16.8 Å². The first-order valence-corrected chi connectivity index (χ1v) is 11.5. The van der Waals surface area contributed by atoms with Gasteiger partial charge in [0.2, 0.25) is 10.0 Å². The molecule has 2 aromatic carbocycles. The third kappa shape index (κ3) is 4.08. The second-order valence-corrected chi connectivity index (χ2v) is 9.55. The quantitative estimate of drug-likeness (QED) is 0.835. The molecule has 2 aliphatic rings. The summed E-state index contributed by atoms with van der Waals surface area (Å²) in [6.07, 6.45) is 2.93. The van der Waals surface area contributed by atoms with Crippen LogP contribution in [-0.4, -0.2) is 44.9 Å². The third-order valence-electron chi connectivity index (χ3n) is 5.74. The first-order valence-electron chi connectivity index (χ1n) is 10.0. The summed E-state index contributed by atoms with van der Waals surface area (Å²) in [5, 5.41) is 3.12. The Bertz CT molecular complexity index is 1010. The van der Waals surface area contributed by atoms with Gasteiger partial charge in [-0.3, -0.25) is 4.79 Å². The number of aryl methyl sites for hydroxylation is 2. The zero-order chi connectivity index (χ0) is 20.4. The fraction of sp³-hybridized carbons (Fsp3) is 0.409. The third-order valence-corrected chi connectivity index (χ3v) is 7.63. The molecule has 1 fully saturated rings. The summed E-state index contributed by atoms with van der Waals surface area (Å²) in [6.45, 7) is 3.26. The Morgan fingerprint density at radius 3 is 2.69 bits per heavy atom. The summed E-state index contributed by atoms with van der Waals surface area (Å²) < 4.78 is 32.6. The van der Waals surface area contributed by atoms with Crippen LogP contribution in [0, 0.1) is 6.92 Å². The molecular weight excluding hydrogens is 388 g/mol. The molecule has 29 heavy (non-hydrogen) atoms. The van der Waals surface area contributed by atoms with Crippen LogP contribution in [0.2, 0.25) is 0 Å². The van der Waals surface area contributed by atoms with Gasteiger partial charge in [-0.2, -0.15) is 4.31 Å². The molecule has 1 saturated heterocycles. The van der Waals surface area contributed by atoms with Crippen molar-refractivity contribution in [2.45, 2.75) is 37.1 Å². The van der Waals surface area contributed by atoms with Gasteiger partial charge in [0.1, 0.15) is 0 Å². The largest absolute Gasteiger partial charge is 0.379 e. The van der Waals surface area contributed by atoms with E-state index in [1.165, 1.54) is 15.9 Å². The number of ether oxygens (including phenoxy) is 1. The summed E-state index contributed by atoms with van der Waals surface area (Å²) >= 11 is 0. The van der Waals surface area contributed by atoms with Gasteiger partial charge in [0.05, 0.1) is 24.2 Å². The Hall–Kier alpha value is -2.22. The van der Waals surface area contributed by atoms with Gasteiger partial charge in [-0.15, -0.1) is 0 Å². The van der Waals surface area contributed by atoms with Crippen LogP contribution in [0.25, 0.3) is 0 Å². The number of rotatable bonds is 4. The van der Waals surface area contributed by atoms with Crippen molar-refractivity contribution in [2.24, 2.45) is 0 Å². The molecule has 4 rings (SSSR count). The monoisotopic (exact) mass is 414 g/mol. The zero-order valence-corrected chi connectivity index (χ0v) is 17.4. The maximum atomic E-state index is 13.1. The molecular formula is C22H26N2O4S. The van der Waals surface area contributed by atoms with E-state index in [9.17, 15) is 13.2 Å². The SMILES string of the molecule is Cc1ccc(S(=O)(=O)N2CCOCC2)cc1C(=O)N[C@@H]1CCCc2ccccc21. The number of nitrogens with one attached hydrogen (secondary N) is 1. The van der Waals surface area contributed by atoms with Gasteiger partial charge in [-0.1, -0.05) is 30.3 Å². The van der Waals surface area contributed by atoms with Crippen molar-refractivity contribution >= 4 is 15.9 Å². The van der Waals surface area contributed by atoms with E-state index in [0.717, 1.165) is 30.4 Å². The molecule has 1 aliphatic heterocycles. The summed E-state index contributed by atoms with van der Waals surface area (Å²) in [5.41, 5.74) is 3.58. The van der Waals surface area contributed by atoms with Crippen LogP contribution in [0.5, 0.6) is 0 Å². The Labute approximate surface area is 171 Å². The molecule has 0 aromatic heterocycles. The predicted octanol–water partition coefficient (Wildman–Crippen LogP) is 2.82. The lowest BCUT2D eigenvalue weighted by molar-refractivity contribution is 0.0730. The van der Waals surface area contributed by atoms with Crippen LogP contribution in [0.1, 0.15) is 45.9 Å². The predicted molar refractivity (Wildman–Crippen MR) is 110 cm³/mol. The number of carbonyl (C=O) groups excluding carboxylic acids is 1. The molecule has 6 nitrogen and oxygen atoms in total. The molecule has 7 heteroatoms. The van der Waals surface area contributed by atoms with Gasteiger partial charge in [0.25, 0.3) is 5.91 Å². The number of hydrogen-bond donors (Lipinski definition) is 1. The van der Waals surface area contributed by atoms with Crippen LogP contribution >= 0.6 is 0 Å². The lowest BCUT2D eigenvalue weighted by Crippen LogP contribution is -2.40. The Morgan fingerprint density at radius 2 is 1.90 bits per heavy atom. The molecule has 0 spiro atoms. The van der Waals surface area contributed by atoms with E-state index >= 15 is 0 Å². The van der Waals surface area contributed by atoms with Crippen molar-refractivity contribution in [3.05, 3.63) is 64.7 Å². The highest BCUT2D eigenvalue weighted by molar-refractivity contribution is 7.89. The number of amides is 1. The second-order valence-electron chi connectivity index (χ2n) is 7.61. The average molecular weight is 415 g/mol. The summed E-state index contributed by atoms with van der Waals surface area (Å²) in [5.74, 6) is -0.233.